The van der Waals surface area contributed by atoms with Gasteiger partial charge in [0.25, 0.3) is 5.91 Å². The summed E-state index contributed by atoms with van der Waals surface area (Å²) < 4.78 is 5.44. The van der Waals surface area contributed by atoms with Crippen LogP contribution in [0.25, 0.3) is 11.1 Å². The number of para-hydroxylation sites is 1. The van der Waals surface area contributed by atoms with Crippen molar-refractivity contribution < 1.29 is 9.21 Å². The summed E-state index contributed by atoms with van der Waals surface area (Å²) in [5.41, 5.74) is 3.84. The molecule has 1 heterocycles. The van der Waals surface area contributed by atoms with E-state index in [1.807, 2.05) is 24.3 Å². The highest BCUT2D eigenvalue weighted by Crippen LogP contribution is 2.29. The Bertz CT molecular complexity index is 872. The molecule has 0 spiro atoms. The normalized spacial score (nSPS) is 11.7. The maximum Gasteiger partial charge on any atom is 0.255 e. The van der Waals surface area contributed by atoms with Crippen molar-refractivity contribution in [2.45, 2.75) is 33.1 Å². The Morgan fingerprint density at radius 1 is 1.13 bits per heavy atom. The molecule has 0 saturated heterocycles. The second-order valence-electron chi connectivity index (χ2n) is 6.67. The third kappa shape index (κ3) is 3.11. The minimum absolute atomic E-state index is 0.0446. The van der Waals surface area contributed by atoms with E-state index in [9.17, 15) is 4.79 Å². The van der Waals surface area contributed by atoms with E-state index >= 15 is 0 Å². The zero-order chi connectivity index (χ0) is 16.6. The summed E-state index contributed by atoms with van der Waals surface area (Å²) in [4.78, 5) is 16.8. The van der Waals surface area contributed by atoms with Crippen molar-refractivity contribution in [3.63, 3.8) is 0 Å². The van der Waals surface area contributed by atoms with Crippen LogP contribution in [0.1, 0.15) is 42.6 Å². The molecule has 3 aromatic rings. The molecule has 0 aliphatic carbocycles. The summed E-state index contributed by atoms with van der Waals surface area (Å²) in [7, 11) is 0. The average Bonchev–Trinajstić information content (AvgIpc) is 2.85. The zero-order valence-electron chi connectivity index (χ0n) is 13.8. The van der Waals surface area contributed by atoms with Crippen molar-refractivity contribution in [1.29, 1.82) is 0 Å². The van der Waals surface area contributed by atoms with Crippen molar-refractivity contribution >= 4 is 22.7 Å². The van der Waals surface area contributed by atoms with Crippen LogP contribution in [0.5, 0.6) is 0 Å². The molecule has 0 saturated carbocycles. The Labute approximate surface area is 135 Å². The summed E-state index contributed by atoms with van der Waals surface area (Å²) in [6, 6.07) is 13.2. The Morgan fingerprint density at radius 2 is 1.87 bits per heavy atom. The van der Waals surface area contributed by atoms with Gasteiger partial charge in [0.15, 0.2) is 11.5 Å². The first kappa shape index (κ1) is 15.3. The fraction of sp³-hybridized carbons (Fsp3) is 0.263. The van der Waals surface area contributed by atoms with Crippen LogP contribution in [0.2, 0.25) is 0 Å². The lowest BCUT2D eigenvalue weighted by Crippen LogP contribution is -2.18. The molecule has 1 amide bonds. The minimum Gasteiger partial charge on any atom is -0.441 e. The van der Waals surface area contributed by atoms with Crippen molar-refractivity contribution in [3.05, 3.63) is 59.5 Å². The van der Waals surface area contributed by atoms with E-state index in [2.05, 4.69) is 31.1 Å². The number of benzene rings is 2. The number of rotatable bonds is 2. The van der Waals surface area contributed by atoms with Crippen LogP contribution in [0, 0.1) is 6.92 Å². The van der Waals surface area contributed by atoms with E-state index < -0.39 is 0 Å². The van der Waals surface area contributed by atoms with Crippen LogP contribution in [-0.4, -0.2) is 10.9 Å². The summed E-state index contributed by atoms with van der Waals surface area (Å²) >= 11 is 0. The molecule has 0 fully saturated rings. The van der Waals surface area contributed by atoms with Crippen molar-refractivity contribution in [2.75, 3.05) is 5.32 Å². The fourth-order valence-corrected chi connectivity index (χ4v) is 2.62. The largest absolute Gasteiger partial charge is 0.441 e. The average molecular weight is 308 g/mol. The van der Waals surface area contributed by atoms with Crippen LogP contribution in [-0.2, 0) is 5.41 Å². The highest BCUT2D eigenvalue weighted by Gasteiger charge is 2.19. The van der Waals surface area contributed by atoms with Gasteiger partial charge in [-0.1, -0.05) is 39.0 Å². The first-order valence-corrected chi connectivity index (χ1v) is 7.62. The van der Waals surface area contributed by atoms with Gasteiger partial charge >= 0.3 is 0 Å². The summed E-state index contributed by atoms with van der Waals surface area (Å²) in [6.07, 6.45) is 0. The van der Waals surface area contributed by atoms with E-state index in [1.54, 1.807) is 25.1 Å². The number of hydrogen-bond acceptors (Lipinski definition) is 3. The first-order valence-electron chi connectivity index (χ1n) is 7.62. The van der Waals surface area contributed by atoms with Gasteiger partial charge < -0.3 is 9.73 Å². The first-order chi connectivity index (χ1) is 10.8. The summed E-state index contributed by atoms with van der Waals surface area (Å²) in [5, 5.41) is 3.01. The fourth-order valence-electron chi connectivity index (χ4n) is 2.62. The number of oxazole rings is 1. The van der Waals surface area contributed by atoms with Gasteiger partial charge in [0.1, 0.15) is 5.52 Å². The van der Waals surface area contributed by atoms with Crippen LogP contribution < -0.4 is 5.32 Å². The number of aryl methyl sites for hydroxylation is 1. The van der Waals surface area contributed by atoms with Gasteiger partial charge in [0, 0.05) is 18.2 Å². The lowest BCUT2D eigenvalue weighted by Gasteiger charge is -2.23. The van der Waals surface area contributed by atoms with E-state index in [0.29, 0.717) is 22.6 Å². The number of aromatic nitrogens is 1. The molecule has 0 aliphatic rings. The van der Waals surface area contributed by atoms with Crippen molar-refractivity contribution in [1.82, 2.24) is 4.98 Å². The number of nitrogens with zero attached hydrogens (tertiary/aromatic N) is 1. The molecule has 1 aromatic heterocycles. The molecule has 4 heteroatoms. The second-order valence-corrected chi connectivity index (χ2v) is 6.67. The molecule has 1 N–H and O–H groups in total. The maximum absolute atomic E-state index is 12.6. The molecule has 23 heavy (non-hydrogen) atoms. The molecule has 118 valence electrons. The van der Waals surface area contributed by atoms with Gasteiger partial charge in [-0.3, -0.25) is 4.79 Å². The number of fused-ring (bicyclic) bond motifs is 1. The molecular formula is C19H20N2O2. The smallest absolute Gasteiger partial charge is 0.255 e. The molecule has 4 nitrogen and oxygen atoms in total. The highest BCUT2D eigenvalue weighted by atomic mass is 16.3. The molecular weight excluding hydrogens is 288 g/mol. The van der Waals surface area contributed by atoms with Gasteiger partial charge in [-0.15, -0.1) is 0 Å². The Hall–Kier alpha value is -2.62. The SMILES string of the molecule is Cc1nc2cc(C(=O)Nc3ccccc3C(C)(C)C)ccc2o1. The van der Waals surface area contributed by atoms with Gasteiger partial charge in [-0.25, -0.2) is 4.98 Å². The quantitative estimate of drug-likeness (QED) is 0.747. The molecule has 0 unspecified atom stereocenters. The number of anilines is 1. The monoisotopic (exact) mass is 308 g/mol. The molecule has 0 atom stereocenters. The minimum atomic E-state index is -0.149. The van der Waals surface area contributed by atoms with E-state index in [4.69, 9.17) is 4.42 Å². The standard InChI is InChI=1S/C19H20N2O2/c1-12-20-16-11-13(9-10-17(16)23-12)18(22)21-15-8-6-5-7-14(15)19(2,3)4/h5-11H,1-4H3,(H,21,22). The Kier molecular flexibility index (Phi) is 3.68. The molecule has 0 radical (unpaired) electrons. The Balaban J connectivity index is 1.92. The third-order valence-electron chi connectivity index (χ3n) is 3.74. The van der Waals surface area contributed by atoms with Crippen LogP contribution in [0.3, 0.4) is 0 Å². The number of carbonyl (C=O) groups excluding carboxylic acids is 1. The molecule has 0 aliphatic heterocycles. The number of hydrogen-bond donors (Lipinski definition) is 1. The van der Waals surface area contributed by atoms with E-state index in [0.717, 1.165) is 11.3 Å². The summed E-state index contributed by atoms with van der Waals surface area (Å²) in [6.45, 7) is 8.17. The van der Waals surface area contributed by atoms with Crippen molar-refractivity contribution in [2.24, 2.45) is 0 Å². The van der Waals surface area contributed by atoms with E-state index in [1.165, 1.54) is 0 Å². The molecule has 0 bridgehead atoms. The highest BCUT2D eigenvalue weighted by molar-refractivity contribution is 6.06. The zero-order valence-corrected chi connectivity index (χ0v) is 13.8. The predicted octanol–water partition coefficient (Wildman–Crippen LogP) is 4.69. The lowest BCUT2D eigenvalue weighted by atomic mass is 9.86. The van der Waals surface area contributed by atoms with Crippen LogP contribution in [0.15, 0.2) is 46.9 Å². The summed E-state index contributed by atoms with van der Waals surface area (Å²) in [5.74, 6) is 0.444. The molecule has 3 rings (SSSR count). The second kappa shape index (κ2) is 5.54. The van der Waals surface area contributed by atoms with Crippen LogP contribution in [0.4, 0.5) is 5.69 Å². The maximum atomic E-state index is 12.6. The van der Waals surface area contributed by atoms with E-state index in [-0.39, 0.29) is 11.3 Å². The van der Waals surface area contributed by atoms with Gasteiger partial charge in [-0.2, -0.15) is 0 Å². The van der Waals surface area contributed by atoms with Crippen LogP contribution >= 0.6 is 0 Å². The Morgan fingerprint density at radius 3 is 2.61 bits per heavy atom. The third-order valence-corrected chi connectivity index (χ3v) is 3.74. The number of nitrogens with one attached hydrogen (secondary N) is 1. The molecule has 2 aromatic carbocycles. The lowest BCUT2D eigenvalue weighted by molar-refractivity contribution is 0.102. The van der Waals surface area contributed by atoms with Crippen molar-refractivity contribution in [3.8, 4) is 0 Å². The van der Waals surface area contributed by atoms with Gasteiger partial charge in [-0.05, 0) is 35.2 Å². The topological polar surface area (TPSA) is 55.1 Å². The van der Waals surface area contributed by atoms with Gasteiger partial charge in [0.2, 0.25) is 0 Å². The van der Waals surface area contributed by atoms with Gasteiger partial charge in [0.05, 0.1) is 0 Å². The number of carbonyl (C=O) groups is 1. The number of amides is 1. The predicted molar refractivity (Wildman–Crippen MR) is 91.8 cm³/mol.